The standard InChI is InChI=1S/C51H47N5OSi/c1-51(2,3)35-16-14-19-37(30-35)53-34-54(46-25-13-12-24-45(46)53)38-20-15-21-39(31-38)57-40-26-27-43-47(32-40)56(48-33-41(28-29-52-48)58(4,5)6)50-42-22-10-11-23-44(42)55(49(43)50)36-17-8-7-9-18-36/h7-33H,34H2,1-6H3. The minimum Gasteiger partial charge on any atom is -0.457 e. The minimum atomic E-state index is -1.64. The van der Waals surface area contributed by atoms with Crippen molar-refractivity contribution in [3.05, 3.63) is 169 Å². The fourth-order valence-electron chi connectivity index (χ4n) is 8.52. The summed E-state index contributed by atoms with van der Waals surface area (Å²) in [7, 11) is -1.64. The average molecular weight is 774 g/mol. The van der Waals surface area contributed by atoms with Crippen LogP contribution in [0.1, 0.15) is 26.3 Å². The van der Waals surface area contributed by atoms with E-state index in [2.05, 4.69) is 211 Å². The Balaban J connectivity index is 1.08. The summed E-state index contributed by atoms with van der Waals surface area (Å²) in [6.07, 6.45) is 1.97. The van der Waals surface area contributed by atoms with E-state index in [1.807, 2.05) is 12.3 Å². The van der Waals surface area contributed by atoms with E-state index in [1.54, 1.807) is 0 Å². The topological polar surface area (TPSA) is 38.5 Å². The number of para-hydroxylation sites is 4. The molecule has 0 saturated heterocycles. The summed E-state index contributed by atoms with van der Waals surface area (Å²) >= 11 is 0. The first-order chi connectivity index (χ1) is 28.0. The Labute approximate surface area is 341 Å². The molecule has 58 heavy (non-hydrogen) atoms. The van der Waals surface area contributed by atoms with Crippen LogP contribution in [0.4, 0.5) is 22.7 Å². The molecule has 3 aromatic heterocycles. The Kier molecular flexibility index (Phi) is 8.35. The lowest BCUT2D eigenvalue weighted by Gasteiger charge is -2.25. The van der Waals surface area contributed by atoms with Crippen molar-refractivity contribution >= 4 is 68.8 Å². The Hall–Kier alpha value is -6.57. The second-order valence-corrected chi connectivity index (χ2v) is 22.5. The van der Waals surface area contributed by atoms with Crippen molar-refractivity contribution in [1.29, 1.82) is 0 Å². The predicted octanol–water partition coefficient (Wildman–Crippen LogP) is 13.0. The molecule has 10 rings (SSSR count). The van der Waals surface area contributed by atoms with Gasteiger partial charge >= 0.3 is 0 Å². The molecule has 0 unspecified atom stereocenters. The van der Waals surface area contributed by atoms with Crippen molar-refractivity contribution in [2.24, 2.45) is 0 Å². The molecule has 0 amide bonds. The zero-order valence-corrected chi connectivity index (χ0v) is 34.9. The molecule has 7 heteroatoms. The van der Waals surface area contributed by atoms with Crippen LogP contribution in [-0.4, -0.2) is 28.9 Å². The van der Waals surface area contributed by atoms with E-state index < -0.39 is 8.07 Å². The van der Waals surface area contributed by atoms with E-state index in [1.165, 1.54) is 33.2 Å². The van der Waals surface area contributed by atoms with Crippen molar-refractivity contribution < 1.29 is 4.74 Å². The van der Waals surface area contributed by atoms with Gasteiger partial charge in [0.2, 0.25) is 0 Å². The van der Waals surface area contributed by atoms with Crippen LogP contribution >= 0.6 is 0 Å². The van der Waals surface area contributed by atoms with Crippen molar-refractivity contribution in [3.8, 4) is 23.0 Å². The number of nitrogens with zero attached hydrogens (tertiary/aromatic N) is 5. The molecule has 0 fully saturated rings. The maximum absolute atomic E-state index is 6.81. The molecule has 4 heterocycles. The lowest BCUT2D eigenvalue weighted by atomic mass is 9.87. The van der Waals surface area contributed by atoms with Crippen molar-refractivity contribution in [1.82, 2.24) is 14.1 Å². The van der Waals surface area contributed by atoms with E-state index in [4.69, 9.17) is 9.72 Å². The Morgan fingerprint density at radius 2 is 1.16 bits per heavy atom. The Morgan fingerprint density at radius 1 is 0.534 bits per heavy atom. The average Bonchev–Trinajstić information content (AvgIpc) is 3.89. The monoisotopic (exact) mass is 773 g/mol. The second-order valence-electron chi connectivity index (χ2n) is 17.4. The van der Waals surface area contributed by atoms with E-state index in [0.717, 1.165) is 56.1 Å². The number of fused-ring (bicyclic) bond motifs is 6. The third kappa shape index (κ3) is 6.05. The van der Waals surface area contributed by atoms with Crippen molar-refractivity contribution in [3.63, 3.8) is 0 Å². The van der Waals surface area contributed by atoms with Crippen molar-refractivity contribution in [2.45, 2.75) is 45.8 Å². The zero-order valence-electron chi connectivity index (χ0n) is 33.9. The molecule has 0 aliphatic carbocycles. The van der Waals surface area contributed by atoms with Crippen LogP contribution in [0.25, 0.3) is 44.3 Å². The molecule has 0 bridgehead atoms. The molecule has 286 valence electrons. The highest BCUT2D eigenvalue weighted by atomic mass is 28.3. The fourth-order valence-corrected chi connectivity index (χ4v) is 9.65. The molecule has 1 aliphatic rings. The number of rotatable bonds is 7. The van der Waals surface area contributed by atoms with Crippen LogP contribution < -0.4 is 19.7 Å². The van der Waals surface area contributed by atoms with Gasteiger partial charge in [-0.3, -0.25) is 4.57 Å². The molecule has 0 spiro atoms. The van der Waals surface area contributed by atoms with Crippen LogP contribution in [0.3, 0.4) is 0 Å². The van der Waals surface area contributed by atoms with Crippen LogP contribution in [0.5, 0.6) is 11.5 Å². The van der Waals surface area contributed by atoms with Crippen LogP contribution in [0.15, 0.2) is 164 Å². The quantitative estimate of drug-likeness (QED) is 0.151. The summed E-state index contributed by atoms with van der Waals surface area (Å²) in [6, 6.07) is 56.4. The van der Waals surface area contributed by atoms with Crippen LogP contribution in [0.2, 0.25) is 19.6 Å². The molecule has 0 saturated carbocycles. The van der Waals surface area contributed by atoms with Gasteiger partial charge in [0.05, 0.1) is 41.5 Å². The van der Waals surface area contributed by atoms with Gasteiger partial charge in [0, 0.05) is 46.2 Å². The van der Waals surface area contributed by atoms with E-state index in [0.29, 0.717) is 6.67 Å². The maximum atomic E-state index is 6.81. The van der Waals surface area contributed by atoms with Gasteiger partial charge in [-0.05, 0) is 89.8 Å². The fraction of sp³-hybridized carbons (Fsp3) is 0.157. The summed E-state index contributed by atoms with van der Waals surface area (Å²) in [6.45, 7) is 14.7. The lowest BCUT2D eigenvalue weighted by molar-refractivity contribution is 0.483. The highest BCUT2D eigenvalue weighted by Crippen LogP contribution is 2.46. The van der Waals surface area contributed by atoms with Gasteiger partial charge in [0.15, 0.2) is 0 Å². The summed E-state index contributed by atoms with van der Waals surface area (Å²) < 4.78 is 11.6. The smallest absolute Gasteiger partial charge is 0.137 e. The van der Waals surface area contributed by atoms with E-state index in [9.17, 15) is 0 Å². The van der Waals surface area contributed by atoms with Crippen LogP contribution in [0, 0.1) is 0 Å². The normalized spacial score (nSPS) is 13.2. The third-order valence-corrected chi connectivity index (χ3v) is 13.6. The number of pyridine rings is 1. The number of ether oxygens (including phenoxy) is 1. The van der Waals surface area contributed by atoms with Gasteiger partial charge in [-0.2, -0.15) is 0 Å². The molecule has 0 N–H and O–H groups in total. The van der Waals surface area contributed by atoms with Gasteiger partial charge in [0.1, 0.15) is 24.0 Å². The summed E-state index contributed by atoms with van der Waals surface area (Å²) in [5, 5.41) is 3.69. The summed E-state index contributed by atoms with van der Waals surface area (Å²) in [5.74, 6) is 2.47. The van der Waals surface area contributed by atoms with Gasteiger partial charge in [-0.15, -0.1) is 0 Å². The first kappa shape index (κ1) is 35.8. The third-order valence-electron chi connectivity index (χ3n) is 11.5. The number of hydrogen-bond donors (Lipinski definition) is 0. The molecule has 0 radical (unpaired) electrons. The first-order valence-corrected chi connectivity index (χ1v) is 23.7. The molecule has 6 nitrogen and oxygen atoms in total. The summed E-state index contributed by atoms with van der Waals surface area (Å²) in [5.41, 5.74) is 11.6. The van der Waals surface area contributed by atoms with E-state index >= 15 is 0 Å². The highest BCUT2D eigenvalue weighted by Gasteiger charge is 2.29. The van der Waals surface area contributed by atoms with Gasteiger partial charge in [-0.25, -0.2) is 4.98 Å². The highest BCUT2D eigenvalue weighted by molar-refractivity contribution is 6.88. The van der Waals surface area contributed by atoms with Gasteiger partial charge in [0.25, 0.3) is 0 Å². The number of benzene rings is 6. The van der Waals surface area contributed by atoms with Gasteiger partial charge < -0.3 is 19.1 Å². The first-order valence-electron chi connectivity index (χ1n) is 20.2. The largest absolute Gasteiger partial charge is 0.457 e. The maximum Gasteiger partial charge on any atom is 0.137 e. The Bertz CT molecular complexity index is 3000. The van der Waals surface area contributed by atoms with Gasteiger partial charge in [-0.1, -0.05) is 112 Å². The molecule has 6 aromatic carbocycles. The molecular weight excluding hydrogens is 727 g/mol. The molecule has 0 atom stereocenters. The number of hydrogen-bond acceptors (Lipinski definition) is 4. The minimum absolute atomic E-state index is 0.0612. The second kappa shape index (κ2) is 13.5. The Morgan fingerprint density at radius 3 is 1.90 bits per heavy atom. The lowest BCUT2D eigenvalue weighted by Crippen LogP contribution is -2.37. The zero-order chi connectivity index (χ0) is 39.8. The molecule has 1 aliphatic heterocycles. The van der Waals surface area contributed by atoms with Crippen molar-refractivity contribution in [2.75, 3.05) is 16.5 Å². The van der Waals surface area contributed by atoms with Crippen LogP contribution in [-0.2, 0) is 5.41 Å². The predicted molar refractivity (Wildman–Crippen MR) is 246 cm³/mol. The molecular formula is C51H47N5OSi. The SMILES string of the molecule is CC(C)(C)c1cccc(N2CN(c3cccc(Oc4ccc5c(c4)n(-c4cc([Si](C)(C)C)ccn4)c4c6ccccc6n(-c6ccccc6)c54)c3)c3ccccc32)c1. The summed E-state index contributed by atoms with van der Waals surface area (Å²) in [4.78, 5) is 9.82. The number of aromatic nitrogens is 3. The van der Waals surface area contributed by atoms with E-state index in [-0.39, 0.29) is 5.41 Å². The number of anilines is 4. The molecule has 9 aromatic rings.